The maximum atomic E-state index is 11.6. The Hall–Kier alpha value is -1.82. The van der Waals surface area contributed by atoms with Crippen LogP contribution in [-0.4, -0.2) is 30.4 Å². The van der Waals surface area contributed by atoms with E-state index in [1.165, 1.54) is 4.57 Å². The molecule has 2 amide bonds. The zero-order valence-electron chi connectivity index (χ0n) is 10.2. The van der Waals surface area contributed by atoms with Crippen molar-refractivity contribution >= 4 is 11.7 Å². The SMILES string of the molecule is COC[C@@H](C)NC(=O)Nc1cccn(C)c1=O. The molecule has 1 aromatic rings. The van der Waals surface area contributed by atoms with Gasteiger partial charge in [0.15, 0.2) is 0 Å². The quantitative estimate of drug-likeness (QED) is 0.805. The number of nitrogens with zero attached hydrogens (tertiary/aromatic N) is 1. The summed E-state index contributed by atoms with van der Waals surface area (Å²) in [6.07, 6.45) is 1.62. The normalized spacial score (nSPS) is 11.9. The van der Waals surface area contributed by atoms with Crippen LogP contribution >= 0.6 is 0 Å². The van der Waals surface area contributed by atoms with E-state index in [9.17, 15) is 9.59 Å². The van der Waals surface area contributed by atoms with Crippen LogP contribution in [0.25, 0.3) is 0 Å². The molecule has 0 aliphatic carbocycles. The molecule has 1 rings (SSSR count). The van der Waals surface area contributed by atoms with Crippen molar-refractivity contribution in [3.8, 4) is 0 Å². The number of anilines is 1. The van der Waals surface area contributed by atoms with Gasteiger partial charge in [-0.05, 0) is 19.1 Å². The van der Waals surface area contributed by atoms with Crippen molar-refractivity contribution in [3.63, 3.8) is 0 Å². The molecule has 2 N–H and O–H groups in total. The van der Waals surface area contributed by atoms with Gasteiger partial charge in [-0.25, -0.2) is 4.79 Å². The summed E-state index contributed by atoms with van der Waals surface area (Å²) in [6.45, 7) is 2.23. The van der Waals surface area contributed by atoms with Gasteiger partial charge in [0.2, 0.25) is 0 Å². The van der Waals surface area contributed by atoms with Crippen LogP contribution in [0, 0.1) is 0 Å². The van der Waals surface area contributed by atoms with Crippen LogP contribution in [0.3, 0.4) is 0 Å². The summed E-state index contributed by atoms with van der Waals surface area (Å²) >= 11 is 0. The van der Waals surface area contributed by atoms with Crippen LogP contribution in [0.15, 0.2) is 23.1 Å². The van der Waals surface area contributed by atoms with Crippen molar-refractivity contribution in [1.29, 1.82) is 0 Å². The molecule has 0 fully saturated rings. The van der Waals surface area contributed by atoms with Crippen molar-refractivity contribution in [1.82, 2.24) is 9.88 Å². The summed E-state index contributed by atoms with van der Waals surface area (Å²) in [6, 6.07) is 2.71. The van der Waals surface area contributed by atoms with E-state index in [1.807, 2.05) is 6.92 Å². The van der Waals surface area contributed by atoms with Crippen molar-refractivity contribution in [3.05, 3.63) is 28.7 Å². The number of hydrogen-bond donors (Lipinski definition) is 2. The van der Waals surface area contributed by atoms with E-state index >= 15 is 0 Å². The first-order chi connectivity index (χ1) is 8.04. The van der Waals surface area contributed by atoms with Crippen LogP contribution < -0.4 is 16.2 Å². The fourth-order valence-corrected chi connectivity index (χ4v) is 1.37. The molecule has 0 aromatic carbocycles. The molecule has 0 spiro atoms. The monoisotopic (exact) mass is 239 g/mol. The Labute approximate surface area is 99.6 Å². The van der Waals surface area contributed by atoms with Gasteiger partial charge in [0.05, 0.1) is 12.6 Å². The van der Waals surface area contributed by atoms with E-state index in [-0.39, 0.29) is 17.3 Å². The fourth-order valence-electron chi connectivity index (χ4n) is 1.37. The number of aromatic nitrogens is 1. The first-order valence-corrected chi connectivity index (χ1v) is 5.26. The Morgan fingerprint density at radius 1 is 1.59 bits per heavy atom. The van der Waals surface area contributed by atoms with Gasteiger partial charge in [-0.1, -0.05) is 0 Å². The third kappa shape index (κ3) is 3.92. The zero-order valence-corrected chi connectivity index (χ0v) is 10.2. The second kappa shape index (κ2) is 6.05. The third-order valence-corrected chi connectivity index (χ3v) is 2.17. The molecule has 0 aliphatic heterocycles. The summed E-state index contributed by atoms with van der Waals surface area (Å²) in [4.78, 5) is 23.1. The molecule has 17 heavy (non-hydrogen) atoms. The molecule has 6 nitrogen and oxygen atoms in total. The standard InChI is InChI=1S/C11H17N3O3/c1-8(7-17-3)12-11(16)13-9-5-4-6-14(2)10(9)15/h4-6,8H,7H2,1-3H3,(H2,12,13,16)/t8-/m1/s1. The molecule has 0 radical (unpaired) electrons. The van der Waals surface area contributed by atoms with Crippen molar-refractivity contribution in [2.45, 2.75) is 13.0 Å². The number of rotatable bonds is 4. The number of carbonyl (C=O) groups excluding carboxylic acids is 1. The largest absolute Gasteiger partial charge is 0.383 e. The Morgan fingerprint density at radius 2 is 2.29 bits per heavy atom. The van der Waals surface area contributed by atoms with Gasteiger partial charge in [0.25, 0.3) is 5.56 Å². The van der Waals surface area contributed by atoms with Crippen LogP contribution in [-0.2, 0) is 11.8 Å². The molecule has 6 heteroatoms. The summed E-state index contributed by atoms with van der Waals surface area (Å²) in [5.74, 6) is 0. The number of hydrogen-bond acceptors (Lipinski definition) is 3. The summed E-state index contributed by atoms with van der Waals surface area (Å²) in [5, 5.41) is 5.15. The predicted molar refractivity (Wildman–Crippen MR) is 65.2 cm³/mol. The number of urea groups is 1. The Bertz CT molecular complexity index is 442. The minimum absolute atomic E-state index is 0.118. The predicted octanol–water partition coefficient (Wildman–Crippen LogP) is 0.542. The molecule has 0 saturated heterocycles. The lowest BCUT2D eigenvalue weighted by atomic mass is 10.3. The topological polar surface area (TPSA) is 72.4 Å². The molecule has 1 atom stereocenters. The van der Waals surface area contributed by atoms with E-state index in [1.54, 1.807) is 32.5 Å². The van der Waals surface area contributed by atoms with Crippen molar-refractivity contribution in [2.75, 3.05) is 19.0 Å². The van der Waals surface area contributed by atoms with E-state index in [0.717, 1.165) is 0 Å². The van der Waals surface area contributed by atoms with E-state index in [4.69, 9.17) is 4.74 Å². The van der Waals surface area contributed by atoms with E-state index < -0.39 is 6.03 Å². The van der Waals surface area contributed by atoms with Gasteiger partial charge in [0.1, 0.15) is 5.69 Å². The fraction of sp³-hybridized carbons (Fsp3) is 0.455. The Morgan fingerprint density at radius 3 is 2.94 bits per heavy atom. The number of ether oxygens (including phenoxy) is 1. The average Bonchev–Trinajstić information content (AvgIpc) is 2.25. The molecule has 0 bridgehead atoms. The Balaban J connectivity index is 2.62. The minimum atomic E-state index is -0.419. The second-order valence-electron chi connectivity index (χ2n) is 3.79. The maximum Gasteiger partial charge on any atom is 0.319 e. The average molecular weight is 239 g/mol. The lowest BCUT2D eigenvalue weighted by Gasteiger charge is -2.13. The van der Waals surface area contributed by atoms with Gasteiger partial charge in [-0.3, -0.25) is 4.79 Å². The molecule has 0 saturated carbocycles. The molecular formula is C11H17N3O3. The van der Waals surface area contributed by atoms with Gasteiger partial charge in [-0.15, -0.1) is 0 Å². The highest BCUT2D eigenvalue weighted by Crippen LogP contribution is 1.97. The molecular weight excluding hydrogens is 222 g/mol. The summed E-state index contributed by atoms with van der Waals surface area (Å²) in [5.41, 5.74) is -0.000776. The van der Waals surface area contributed by atoms with E-state index in [0.29, 0.717) is 6.61 Å². The minimum Gasteiger partial charge on any atom is -0.383 e. The molecule has 1 aromatic heterocycles. The van der Waals surface area contributed by atoms with Gasteiger partial charge >= 0.3 is 6.03 Å². The highest BCUT2D eigenvalue weighted by molar-refractivity contribution is 5.89. The van der Waals surface area contributed by atoms with Gasteiger partial charge in [0, 0.05) is 20.4 Å². The zero-order chi connectivity index (χ0) is 12.8. The molecule has 0 aliphatic rings. The van der Waals surface area contributed by atoms with E-state index in [2.05, 4.69) is 10.6 Å². The molecule has 1 heterocycles. The van der Waals surface area contributed by atoms with Crippen LogP contribution in [0.1, 0.15) is 6.92 Å². The first-order valence-electron chi connectivity index (χ1n) is 5.26. The van der Waals surface area contributed by atoms with Crippen LogP contribution in [0.2, 0.25) is 0 Å². The molecule has 0 unspecified atom stereocenters. The highest BCUT2D eigenvalue weighted by atomic mass is 16.5. The number of pyridine rings is 1. The maximum absolute atomic E-state index is 11.6. The van der Waals surface area contributed by atoms with Crippen molar-refractivity contribution < 1.29 is 9.53 Å². The first kappa shape index (κ1) is 13.2. The van der Waals surface area contributed by atoms with Gasteiger partial charge in [-0.2, -0.15) is 0 Å². The van der Waals surface area contributed by atoms with Crippen LogP contribution in [0.5, 0.6) is 0 Å². The number of amides is 2. The lowest BCUT2D eigenvalue weighted by molar-refractivity contribution is 0.173. The number of aryl methyl sites for hydroxylation is 1. The Kier molecular flexibility index (Phi) is 4.71. The second-order valence-corrected chi connectivity index (χ2v) is 3.79. The highest BCUT2D eigenvalue weighted by Gasteiger charge is 2.08. The lowest BCUT2D eigenvalue weighted by Crippen LogP contribution is -2.39. The van der Waals surface area contributed by atoms with Crippen LogP contribution in [0.4, 0.5) is 10.5 Å². The smallest absolute Gasteiger partial charge is 0.319 e. The number of nitrogens with one attached hydrogen (secondary N) is 2. The number of methoxy groups -OCH3 is 1. The van der Waals surface area contributed by atoms with Gasteiger partial charge < -0.3 is 19.9 Å². The number of carbonyl (C=O) groups is 1. The summed E-state index contributed by atoms with van der Waals surface area (Å²) < 4.78 is 6.29. The third-order valence-electron chi connectivity index (χ3n) is 2.17. The van der Waals surface area contributed by atoms with Crippen molar-refractivity contribution in [2.24, 2.45) is 7.05 Å². The molecule has 94 valence electrons. The summed E-state index contributed by atoms with van der Waals surface area (Å²) in [7, 11) is 3.18.